The van der Waals surface area contributed by atoms with Gasteiger partial charge in [0.1, 0.15) is 6.61 Å². The van der Waals surface area contributed by atoms with Crippen molar-refractivity contribution in [2.75, 3.05) is 13.2 Å². The van der Waals surface area contributed by atoms with Gasteiger partial charge in [-0.3, -0.25) is 9.59 Å². The summed E-state index contributed by atoms with van der Waals surface area (Å²) < 4.78 is 9.23. The highest BCUT2D eigenvalue weighted by molar-refractivity contribution is 5.95. The van der Waals surface area contributed by atoms with Gasteiger partial charge in [-0.1, -0.05) is 0 Å². The molecule has 0 aromatic heterocycles. The first-order valence-electron chi connectivity index (χ1n) is 4.16. The molecule has 0 aromatic carbocycles. The standard InChI is InChI=1S/C8H12O5/c1-2-12-7(10)6-3-5(9)4-13-8(6)11/h5-6,9H,2-4H2,1H3. The minimum Gasteiger partial charge on any atom is -0.465 e. The van der Waals surface area contributed by atoms with Crippen LogP contribution in [0.15, 0.2) is 0 Å². The Morgan fingerprint density at radius 1 is 1.77 bits per heavy atom. The lowest BCUT2D eigenvalue weighted by Gasteiger charge is -2.23. The highest BCUT2D eigenvalue weighted by atomic mass is 16.6. The molecule has 13 heavy (non-hydrogen) atoms. The lowest BCUT2D eigenvalue weighted by Crippen LogP contribution is -2.38. The fourth-order valence-electron chi connectivity index (χ4n) is 1.15. The summed E-state index contributed by atoms with van der Waals surface area (Å²) in [6.45, 7) is 1.84. The molecule has 1 rings (SSSR count). The van der Waals surface area contributed by atoms with E-state index in [2.05, 4.69) is 9.47 Å². The van der Waals surface area contributed by atoms with Gasteiger partial charge in [-0.25, -0.2) is 0 Å². The van der Waals surface area contributed by atoms with Crippen molar-refractivity contribution in [3.8, 4) is 0 Å². The van der Waals surface area contributed by atoms with E-state index in [1.165, 1.54) is 0 Å². The van der Waals surface area contributed by atoms with Crippen LogP contribution in [0.5, 0.6) is 0 Å². The molecule has 0 spiro atoms. The number of cyclic esters (lactones) is 1. The lowest BCUT2D eigenvalue weighted by atomic mass is 10.00. The molecule has 5 heteroatoms. The number of hydrogen-bond acceptors (Lipinski definition) is 5. The summed E-state index contributed by atoms with van der Waals surface area (Å²) >= 11 is 0. The molecule has 1 heterocycles. The Morgan fingerprint density at radius 3 is 3.08 bits per heavy atom. The predicted molar refractivity (Wildman–Crippen MR) is 41.7 cm³/mol. The second-order valence-corrected chi connectivity index (χ2v) is 2.82. The van der Waals surface area contributed by atoms with Crippen LogP contribution in [0.2, 0.25) is 0 Å². The number of carbonyl (C=O) groups excluding carboxylic acids is 2. The molecule has 5 nitrogen and oxygen atoms in total. The zero-order chi connectivity index (χ0) is 9.84. The molecule has 1 aliphatic rings. The third kappa shape index (κ3) is 2.42. The summed E-state index contributed by atoms with van der Waals surface area (Å²) in [5.74, 6) is -2.18. The maximum atomic E-state index is 11.1. The van der Waals surface area contributed by atoms with Crippen LogP contribution < -0.4 is 0 Å². The summed E-state index contributed by atoms with van der Waals surface area (Å²) in [5, 5.41) is 9.13. The molecule has 0 amide bonds. The second-order valence-electron chi connectivity index (χ2n) is 2.82. The fraction of sp³-hybridized carbons (Fsp3) is 0.750. The largest absolute Gasteiger partial charge is 0.465 e. The first-order valence-corrected chi connectivity index (χ1v) is 4.16. The van der Waals surface area contributed by atoms with E-state index in [1.807, 2.05) is 0 Å². The Hall–Kier alpha value is -1.10. The minimum absolute atomic E-state index is 0.0330. The lowest BCUT2D eigenvalue weighted by molar-refractivity contribution is -0.171. The van der Waals surface area contributed by atoms with E-state index < -0.39 is 24.0 Å². The SMILES string of the molecule is CCOC(=O)C1CC(O)COC1=O. The Morgan fingerprint density at radius 2 is 2.46 bits per heavy atom. The Labute approximate surface area is 75.6 Å². The van der Waals surface area contributed by atoms with Crippen molar-refractivity contribution in [2.45, 2.75) is 19.4 Å². The molecule has 1 fully saturated rings. The normalized spacial score (nSPS) is 28.0. The van der Waals surface area contributed by atoms with Crippen LogP contribution in [0.25, 0.3) is 0 Å². The third-order valence-corrected chi connectivity index (χ3v) is 1.78. The summed E-state index contributed by atoms with van der Waals surface area (Å²) in [4.78, 5) is 22.1. The van der Waals surface area contributed by atoms with Gasteiger partial charge in [0.15, 0.2) is 5.92 Å². The van der Waals surface area contributed by atoms with E-state index in [1.54, 1.807) is 6.92 Å². The second kappa shape index (κ2) is 4.23. The monoisotopic (exact) mass is 188 g/mol. The van der Waals surface area contributed by atoms with Gasteiger partial charge in [-0.15, -0.1) is 0 Å². The Bertz CT molecular complexity index is 213. The van der Waals surface area contributed by atoms with Crippen LogP contribution in [0.1, 0.15) is 13.3 Å². The maximum absolute atomic E-state index is 11.1. The van der Waals surface area contributed by atoms with Crippen LogP contribution in [-0.2, 0) is 19.1 Å². The Kier molecular flexibility index (Phi) is 3.25. The Balaban J connectivity index is 2.55. The smallest absolute Gasteiger partial charge is 0.320 e. The average Bonchev–Trinajstić information content (AvgIpc) is 2.09. The summed E-state index contributed by atoms with van der Waals surface area (Å²) in [6, 6.07) is 0. The number of ether oxygens (including phenoxy) is 2. The molecular weight excluding hydrogens is 176 g/mol. The molecule has 1 saturated heterocycles. The zero-order valence-corrected chi connectivity index (χ0v) is 7.36. The van der Waals surface area contributed by atoms with E-state index in [4.69, 9.17) is 5.11 Å². The number of esters is 2. The van der Waals surface area contributed by atoms with Gasteiger partial charge >= 0.3 is 11.9 Å². The van der Waals surface area contributed by atoms with Crippen molar-refractivity contribution in [3.63, 3.8) is 0 Å². The molecule has 1 aliphatic heterocycles. The number of aliphatic hydroxyl groups is 1. The molecule has 0 saturated carbocycles. The first kappa shape index (κ1) is 9.98. The molecule has 0 aliphatic carbocycles. The van der Waals surface area contributed by atoms with Crippen LogP contribution >= 0.6 is 0 Å². The topological polar surface area (TPSA) is 72.8 Å². The van der Waals surface area contributed by atoms with Gasteiger partial charge in [0.05, 0.1) is 12.7 Å². The van der Waals surface area contributed by atoms with E-state index in [9.17, 15) is 9.59 Å². The molecule has 2 unspecified atom stereocenters. The van der Waals surface area contributed by atoms with Crippen LogP contribution in [0, 0.1) is 5.92 Å². The number of carbonyl (C=O) groups is 2. The van der Waals surface area contributed by atoms with Crippen molar-refractivity contribution < 1.29 is 24.2 Å². The van der Waals surface area contributed by atoms with Crippen LogP contribution in [-0.4, -0.2) is 36.4 Å². The molecule has 0 bridgehead atoms. The summed E-state index contributed by atoms with van der Waals surface area (Å²) in [6.07, 6.45) is -0.662. The van der Waals surface area contributed by atoms with Gasteiger partial charge in [-0.2, -0.15) is 0 Å². The molecule has 0 aromatic rings. The van der Waals surface area contributed by atoms with Crippen molar-refractivity contribution in [1.82, 2.24) is 0 Å². The maximum Gasteiger partial charge on any atom is 0.320 e. The minimum atomic E-state index is -0.955. The molecule has 74 valence electrons. The highest BCUT2D eigenvalue weighted by Gasteiger charge is 2.36. The first-order chi connectivity index (χ1) is 6.15. The molecule has 0 radical (unpaired) electrons. The van der Waals surface area contributed by atoms with Gasteiger partial charge < -0.3 is 14.6 Å². The predicted octanol–water partition coefficient (Wildman–Crippen LogP) is -0.526. The summed E-state index contributed by atoms with van der Waals surface area (Å²) in [5.41, 5.74) is 0. The quantitative estimate of drug-likeness (QED) is 0.466. The summed E-state index contributed by atoms with van der Waals surface area (Å²) in [7, 11) is 0. The zero-order valence-electron chi connectivity index (χ0n) is 7.36. The number of aliphatic hydroxyl groups excluding tert-OH is 1. The van der Waals surface area contributed by atoms with Gasteiger partial charge in [-0.05, 0) is 6.92 Å². The van der Waals surface area contributed by atoms with Crippen molar-refractivity contribution in [1.29, 1.82) is 0 Å². The van der Waals surface area contributed by atoms with E-state index in [0.717, 1.165) is 0 Å². The average molecular weight is 188 g/mol. The third-order valence-electron chi connectivity index (χ3n) is 1.78. The van der Waals surface area contributed by atoms with Gasteiger partial charge in [0, 0.05) is 6.42 Å². The van der Waals surface area contributed by atoms with Crippen LogP contribution in [0.4, 0.5) is 0 Å². The van der Waals surface area contributed by atoms with Crippen molar-refractivity contribution in [2.24, 2.45) is 5.92 Å². The van der Waals surface area contributed by atoms with Crippen molar-refractivity contribution >= 4 is 11.9 Å². The highest BCUT2D eigenvalue weighted by Crippen LogP contribution is 2.17. The van der Waals surface area contributed by atoms with E-state index in [0.29, 0.717) is 0 Å². The van der Waals surface area contributed by atoms with Crippen LogP contribution in [0.3, 0.4) is 0 Å². The van der Waals surface area contributed by atoms with E-state index >= 15 is 0 Å². The molecule has 1 N–H and O–H groups in total. The van der Waals surface area contributed by atoms with Crippen molar-refractivity contribution in [3.05, 3.63) is 0 Å². The number of rotatable bonds is 2. The number of hydrogen-bond donors (Lipinski definition) is 1. The molecule has 2 atom stereocenters. The molecular formula is C8H12O5. The van der Waals surface area contributed by atoms with E-state index in [-0.39, 0.29) is 19.6 Å². The van der Waals surface area contributed by atoms with Gasteiger partial charge in [0.25, 0.3) is 0 Å². The van der Waals surface area contributed by atoms with Gasteiger partial charge in [0.2, 0.25) is 0 Å². The fourth-order valence-corrected chi connectivity index (χ4v) is 1.15.